The second-order valence-electron chi connectivity index (χ2n) is 3.90. The van der Waals surface area contributed by atoms with E-state index in [-0.39, 0.29) is 17.3 Å². The first-order valence-corrected chi connectivity index (χ1v) is 6.30. The number of aliphatic hydroxyl groups is 2. The summed E-state index contributed by atoms with van der Waals surface area (Å²) >= 11 is 0. The highest BCUT2D eigenvalue weighted by Crippen LogP contribution is 2.09. The Morgan fingerprint density at radius 3 is 2.65 bits per heavy atom. The average molecular weight is 261 g/mol. The quantitative estimate of drug-likeness (QED) is 0.521. The van der Waals surface area contributed by atoms with Crippen molar-refractivity contribution in [3.63, 3.8) is 0 Å². The van der Waals surface area contributed by atoms with Crippen molar-refractivity contribution < 1.29 is 18.6 Å². The summed E-state index contributed by atoms with van der Waals surface area (Å²) in [4.78, 5) is 3.60. The fourth-order valence-electron chi connectivity index (χ4n) is 0.940. The molecule has 0 aromatic carbocycles. The largest absolute Gasteiger partial charge is 0.393 e. The van der Waals surface area contributed by atoms with Crippen LogP contribution in [0.4, 0.5) is 5.82 Å². The van der Waals surface area contributed by atoms with Crippen LogP contribution in [0, 0.1) is 0 Å². The van der Waals surface area contributed by atoms with E-state index in [2.05, 4.69) is 9.71 Å². The van der Waals surface area contributed by atoms with Crippen LogP contribution in [0.5, 0.6) is 0 Å². The second-order valence-corrected chi connectivity index (χ2v) is 5.67. The van der Waals surface area contributed by atoms with Crippen LogP contribution in [-0.4, -0.2) is 42.4 Å². The van der Waals surface area contributed by atoms with Gasteiger partial charge >= 0.3 is 0 Å². The minimum Gasteiger partial charge on any atom is -0.393 e. The van der Waals surface area contributed by atoms with Gasteiger partial charge in [0.15, 0.2) is 0 Å². The van der Waals surface area contributed by atoms with Gasteiger partial charge in [-0.05, 0) is 19.1 Å². The number of aliphatic hydroxyl groups excluding tert-OH is 1. The molecule has 1 aromatic rings. The normalized spacial score (nSPS) is 15.5. The predicted molar refractivity (Wildman–Crippen MR) is 61.5 cm³/mol. The second kappa shape index (κ2) is 4.96. The highest BCUT2D eigenvalue weighted by atomic mass is 32.2. The molecular formula is C9H15N3O4S. The Bertz CT molecular complexity index is 470. The summed E-state index contributed by atoms with van der Waals surface area (Å²) in [7, 11) is -3.76. The van der Waals surface area contributed by atoms with Crippen LogP contribution in [-0.2, 0) is 10.0 Å². The molecule has 1 aromatic heterocycles. The molecule has 0 saturated heterocycles. The van der Waals surface area contributed by atoms with Crippen molar-refractivity contribution in [3.05, 3.63) is 18.3 Å². The molecule has 1 heterocycles. The Kier molecular flexibility index (Phi) is 4.04. The fourth-order valence-corrected chi connectivity index (χ4v) is 2.05. The molecule has 7 nitrogen and oxygen atoms in total. The molecule has 0 bridgehead atoms. The fraction of sp³-hybridized carbons (Fsp3) is 0.444. The molecule has 1 unspecified atom stereocenters. The maximum Gasteiger partial charge on any atom is 0.242 e. The minimum absolute atomic E-state index is 0.0551. The van der Waals surface area contributed by atoms with Crippen LogP contribution in [0.3, 0.4) is 0 Å². The van der Waals surface area contributed by atoms with Gasteiger partial charge in [0.1, 0.15) is 10.7 Å². The molecule has 0 radical (unpaired) electrons. The van der Waals surface area contributed by atoms with Crippen molar-refractivity contribution >= 4 is 15.8 Å². The van der Waals surface area contributed by atoms with Crippen LogP contribution >= 0.6 is 0 Å². The Hall–Kier alpha value is -1.22. The molecule has 0 aliphatic rings. The van der Waals surface area contributed by atoms with E-state index >= 15 is 0 Å². The van der Waals surface area contributed by atoms with Gasteiger partial charge in [-0.15, -0.1) is 0 Å². The van der Waals surface area contributed by atoms with Gasteiger partial charge in [0.25, 0.3) is 0 Å². The van der Waals surface area contributed by atoms with Crippen LogP contribution in [0.1, 0.15) is 6.92 Å². The first-order valence-electron chi connectivity index (χ1n) is 4.81. The van der Waals surface area contributed by atoms with E-state index in [0.29, 0.717) is 0 Å². The molecule has 17 heavy (non-hydrogen) atoms. The monoisotopic (exact) mass is 261 g/mol. The highest BCUT2D eigenvalue weighted by Gasteiger charge is 2.23. The van der Waals surface area contributed by atoms with Crippen molar-refractivity contribution in [2.45, 2.75) is 17.4 Å². The third-order valence-electron chi connectivity index (χ3n) is 2.05. The first kappa shape index (κ1) is 13.8. The zero-order chi connectivity index (χ0) is 13.1. The van der Waals surface area contributed by atoms with Crippen molar-refractivity contribution in [2.75, 3.05) is 18.9 Å². The van der Waals surface area contributed by atoms with Gasteiger partial charge in [0.05, 0.1) is 12.2 Å². The lowest BCUT2D eigenvalue weighted by molar-refractivity contribution is 0.00681. The number of anilines is 1. The SMILES string of the molecule is CC(O)(CO)CNS(=O)(=O)c1ccc(N)nc1. The maximum atomic E-state index is 11.7. The molecule has 8 heteroatoms. The summed E-state index contributed by atoms with van der Waals surface area (Å²) in [6, 6.07) is 2.66. The number of sulfonamides is 1. The average Bonchev–Trinajstić information content (AvgIpc) is 2.27. The van der Waals surface area contributed by atoms with E-state index in [9.17, 15) is 13.5 Å². The first-order chi connectivity index (χ1) is 7.77. The lowest BCUT2D eigenvalue weighted by atomic mass is 10.1. The summed E-state index contributed by atoms with van der Waals surface area (Å²) in [6.45, 7) is 0.475. The molecular weight excluding hydrogens is 246 g/mol. The van der Waals surface area contributed by atoms with Gasteiger partial charge in [-0.25, -0.2) is 18.1 Å². The maximum absolute atomic E-state index is 11.7. The number of hydrogen-bond donors (Lipinski definition) is 4. The third kappa shape index (κ3) is 3.93. The van der Waals surface area contributed by atoms with Crippen LogP contribution in [0.2, 0.25) is 0 Å². The van der Waals surface area contributed by atoms with Crippen LogP contribution in [0.15, 0.2) is 23.2 Å². The zero-order valence-electron chi connectivity index (χ0n) is 9.29. The molecule has 0 spiro atoms. The lowest BCUT2D eigenvalue weighted by Crippen LogP contribution is -2.43. The molecule has 1 atom stereocenters. The molecule has 0 amide bonds. The van der Waals surface area contributed by atoms with Gasteiger partial charge in [-0.1, -0.05) is 0 Å². The van der Waals surface area contributed by atoms with Crippen molar-refractivity contribution in [2.24, 2.45) is 0 Å². The number of aromatic nitrogens is 1. The number of nitrogens with one attached hydrogen (secondary N) is 1. The summed E-state index contributed by atoms with van der Waals surface area (Å²) in [6.07, 6.45) is 1.12. The van der Waals surface area contributed by atoms with Gasteiger partial charge in [0, 0.05) is 12.7 Å². The molecule has 0 aliphatic heterocycles. The number of hydrogen-bond acceptors (Lipinski definition) is 6. The molecule has 0 saturated carbocycles. The van der Waals surface area contributed by atoms with E-state index in [1.807, 2.05) is 0 Å². The standard InChI is InChI=1S/C9H15N3O4S/c1-9(14,6-13)5-12-17(15,16)7-2-3-8(10)11-4-7/h2-4,12-14H,5-6H2,1H3,(H2,10,11). The van der Waals surface area contributed by atoms with Crippen LogP contribution < -0.4 is 10.5 Å². The predicted octanol–water partition coefficient (Wildman–Crippen LogP) is -1.31. The Labute approximate surface area is 99.3 Å². The summed E-state index contributed by atoms with van der Waals surface area (Å²) in [5.41, 5.74) is 3.83. The van der Waals surface area contributed by atoms with E-state index in [1.54, 1.807) is 0 Å². The Morgan fingerprint density at radius 2 is 2.18 bits per heavy atom. The lowest BCUT2D eigenvalue weighted by Gasteiger charge is -2.20. The van der Waals surface area contributed by atoms with E-state index in [0.717, 1.165) is 6.20 Å². The third-order valence-corrected chi connectivity index (χ3v) is 3.44. The number of rotatable bonds is 5. The molecule has 1 rings (SSSR count). The summed E-state index contributed by atoms with van der Waals surface area (Å²) < 4.78 is 25.6. The molecule has 0 fully saturated rings. The Balaban J connectivity index is 2.79. The van der Waals surface area contributed by atoms with E-state index in [1.165, 1.54) is 19.1 Å². The van der Waals surface area contributed by atoms with Crippen LogP contribution in [0.25, 0.3) is 0 Å². The smallest absolute Gasteiger partial charge is 0.242 e. The van der Waals surface area contributed by atoms with Gasteiger partial charge in [-0.3, -0.25) is 0 Å². The molecule has 5 N–H and O–H groups in total. The zero-order valence-corrected chi connectivity index (χ0v) is 10.1. The van der Waals surface area contributed by atoms with Crippen molar-refractivity contribution in [3.8, 4) is 0 Å². The highest BCUT2D eigenvalue weighted by molar-refractivity contribution is 7.89. The number of pyridine rings is 1. The van der Waals surface area contributed by atoms with Gasteiger partial charge in [-0.2, -0.15) is 0 Å². The van der Waals surface area contributed by atoms with Gasteiger partial charge < -0.3 is 15.9 Å². The topological polar surface area (TPSA) is 126 Å². The number of nitrogens with two attached hydrogens (primary N) is 1. The van der Waals surface area contributed by atoms with Crippen molar-refractivity contribution in [1.82, 2.24) is 9.71 Å². The minimum atomic E-state index is -3.76. The molecule has 0 aliphatic carbocycles. The van der Waals surface area contributed by atoms with E-state index in [4.69, 9.17) is 10.8 Å². The van der Waals surface area contributed by atoms with Crippen molar-refractivity contribution in [1.29, 1.82) is 0 Å². The molecule has 96 valence electrons. The number of nitrogen functional groups attached to an aromatic ring is 1. The summed E-state index contributed by atoms with van der Waals surface area (Å²) in [5, 5.41) is 18.2. The van der Waals surface area contributed by atoms with Gasteiger partial charge in [0.2, 0.25) is 10.0 Å². The van der Waals surface area contributed by atoms with E-state index < -0.39 is 22.2 Å². The Morgan fingerprint density at radius 1 is 1.53 bits per heavy atom. The summed E-state index contributed by atoms with van der Waals surface area (Å²) in [5.74, 6) is 0.214. The number of nitrogens with zero attached hydrogens (tertiary/aromatic N) is 1.